The van der Waals surface area contributed by atoms with Gasteiger partial charge in [-0.05, 0) is 57.4 Å². The van der Waals surface area contributed by atoms with Crippen LogP contribution in [0.5, 0.6) is 0 Å². The predicted octanol–water partition coefficient (Wildman–Crippen LogP) is 4.25. The third-order valence-electron chi connectivity index (χ3n) is 6.99. The van der Waals surface area contributed by atoms with Gasteiger partial charge in [-0.15, -0.1) is 13.2 Å². The summed E-state index contributed by atoms with van der Waals surface area (Å²) >= 11 is 0. The van der Waals surface area contributed by atoms with E-state index in [0.29, 0.717) is 19.3 Å². The van der Waals surface area contributed by atoms with E-state index >= 15 is 0 Å². The first kappa shape index (κ1) is 30.3. The van der Waals surface area contributed by atoms with Crippen molar-refractivity contribution in [1.29, 1.82) is 0 Å². The van der Waals surface area contributed by atoms with Crippen LogP contribution in [0.2, 0.25) is 0 Å². The summed E-state index contributed by atoms with van der Waals surface area (Å²) in [7, 11) is 0. The molecule has 2 rings (SSSR count). The molecule has 2 amide bonds. The van der Waals surface area contributed by atoms with Gasteiger partial charge in [-0.2, -0.15) is 0 Å². The second-order valence-corrected chi connectivity index (χ2v) is 10.3. The molecular weight excluding hydrogens is 468 g/mol. The zero-order valence-corrected chi connectivity index (χ0v) is 22.3. The van der Waals surface area contributed by atoms with Crippen molar-refractivity contribution in [1.82, 2.24) is 10.6 Å². The average molecular weight is 513 g/mol. The Morgan fingerprint density at radius 1 is 1.11 bits per heavy atom. The highest BCUT2D eigenvalue weighted by Gasteiger charge is 2.39. The first-order chi connectivity index (χ1) is 17.8. The molecule has 0 spiro atoms. The monoisotopic (exact) mass is 512 g/mol. The molecule has 1 fully saturated rings. The van der Waals surface area contributed by atoms with Crippen molar-refractivity contribution in [3.05, 3.63) is 61.2 Å². The highest BCUT2D eigenvalue weighted by molar-refractivity contribution is 5.86. The first-order valence-corrected chi connectivity index (χ1v) is 13.5. The first-order valence-electron chi connectivity index (χ1n) is 13.5. The van der Waals surface area contributed by atoms with Gasteiger partial charge in [-0.1, -0.05) is 55.3 Å². The molecule has 0 bridgehead atoms. The average Bonchev–Trinajstić information content (AvgIpc) is 3.35. The van der Waals surface area contributed by atoms with Crippen LogP contribution < -0.4 is 10.6 Å². The third kappa shape index (κ3) is 10.5. The molecule has 1 aliphatic rings. The molecule has 0 saturated heterocycles. The minimum absolute atomic E-state index is 0.000510. The SMILES string of the molecule is C=CCCC[C@H](Cc1ccccc1)C(=O)OCC1(NC(=O)[C@H](CC=C)CC(=O)N[C@H](C)CO)CCCC1. The number of esters is 1. The number of carbonyl (C=O) groups excluding carboxylic acids is 3. The summed E-state index contributed by atoms with van der Waals surface area (Å²) in [6, 6.07) is 9.55. The lowest BCUT2D eigenvalue weighted by Crippen LogP contribution is -2.52. The van der Waals surface area contributed by atoms with Crippen LogP contribution in [0.15, 0.2) is 55.6 Å². The van der Waals surface area contributed by atoms with E-state index in [-0.39, 0.29) is 49.4 Å². The summed E-state index contributed by atoms with van der Waals surface area (Å²) in [6.07, 6.45) is 10.2. The van der Waals surface area contributed by atoms with E-state index < -0.39 is 11.5 Å². The fourth-order valence-electron chi connectivity index (χ4n) is 4.85. The molecule has 1 aromatic rings. The summed E-state index contributed by atoms with van der Waals surface area (Å²) in [5.74, 6) is -1.62. The lowest BCUT2D eigenvalue weighted by Gasteiger charge is -2.32. The molecule has 3 atom stereocenters. The van der Waals surface area contributed by atoms with Crippen molar-refractivity contribution in [2.45, 2.75) is 82.7 Å². The fourth-order valence-corrected chi connectivity index (χ4v) is 4.85. The van der Waals surface area contributed by atoms with Gasteiger partial charge in [0.05, 0.1) is 24.0 Å². The van der Waals surface area contributed by atoms with Gasteiger partial charge in [0, 0.05) is 12.5 Å². The van der Waals surface area contributed by atoms with Crippen LogP contribution in [0.25, 0.3) is 0 Å². The van der Waals surface area contributed by atoms with E-state index in [9.17, 15) is 19.5 Å². The standard InChI is InChI=1S/C30H44N2O5/c1-4-6-8-16-26(19-24-14-9-7-10-15-24)29(36)37-22-30(17-11-12-18-30)32-28(35)25(13-5-2)20-27(34)31-23(3)21-33/h4-5,7,9-10,14-15,23,25-26,33H,1-2,6,8,11-13,16-22H2,3H3,(H,31,34)(H,32,35)/t23-,25-,26-/m1/s1. The van der Waals surface area contributed by atoms with Gasteiger partial charge in [-0.3, -0.25) is 14.4 Å². The Bertz CT molecular complexity index is 879. The van der Waals surface area contributed by atoms with Gasteiger partial charge >= 0.3 is 5.97 Å². The molecule has 0 aliphatic heterocycles. The summed E-state index contributed by atoms with van der Waals surface area (Å²) in [5.41, 5.74) is 0.465. The summed E-state index contributed by atoms with van der Waals surface area (Å²) in [5, 5.41) is 15.0. The quantitative estimate of drug-likeness (QED) is 0.164. The molecule has 37 heavy (non-hydrogen) atoms. The van der Waals surface area contributed by atoms with Crippen molar-refractivity contribution in [3.63, 3.8) is 0 Å². The zero-order valence-electron chi connectivity index (χ0n) is 22.3. The lowest BCUT2D eigenvalue weighted by atomic mass is 9.93. The largest absolute Gasteiger partial charge is 0.463 e. The van der Waals surface area contributed by atoms with E-state index in [1.807, 2.05) is 36.4 Å². The summed E-state index contributed by atoms with van der Waals surface area (Å²) < 4.78 is 5.88. The van der Waals surface area contributed by atoms with Crippen molar-refractivity contribution in [2.75, 3.05) is 13.2 Å². The van der Waals surface area contributed by atoms with Gasteiger partial charge in [-0.25, -0.2) is 0 Å². The highest BCUT2D eigenvalue weighted by atomic mass is 16.5. The second-order valence-electron chi connectivity index (χ2n) is 10.3. The van der Waals surface area contributed by atoms with Crippen molar-refractivity contribution < 1.29 is 24.2 Å². The Kier molecular flexibility index (Phi) is 13.1. The number of carbonyl (C=O) groups is 3. The number of hydrogen-bond acceptors (Lipinski definition) is 5. The maximum atomic E-state index is 13.2. The molecule has 0 radical (unpaired) electrons. The Hall–Kier alpha value is -2.93. The van der Waals surface area contributed by atoms with Gasteiger partial charge in [0.1, 0.15) is 6.61 Å². The van der Waals surface area contributed by atoms with E-state index in [1.165, 1.54) is 0 Å². The molecule has 204 valence electrons. The van der Waals surface area contributed by atoms with Crippen molar-refractivity contribution >= 4 is 17.8 Å². The number of unbranched alkanes of at least 4 members (excludes halogenated alkanes) is 1. The highest BCUT2D eigenvalue weighted by Crippen LogP contribution is 2.31. The number of nitrogens with one attached hydrogen (secondary N) is 2. The van der Waals surface area contributed by atoms with Crippen LogP contribution in [0.1, 0.15) is 70.3 Å². The number of benzene rings is 1. The molecular formula is C30H44N2O5. The van der Waals surface area contributed by atoms with Gasteiger partial charge in [0.15, 0.2) is 0 Å². The fraction of sp³-hybridized carbons (Fsp3) is 0.567. The van der Waals surface area contributed by atoms with Crippen molar-refractivity contribution in [3.8, 4) is 0 Å². The van der Waals surface area contributed by atoms with Gasteiger partial charge in [0.25, 0.3) is 0 Å². The second kappa shape index (κ2) is 16.0. The van der Waals surface area contributed by atoms with Crippen LogP contribution in [0.3, 0.4) is 0 Å². The Morgan fingerprint density at radius 3 is 2.43 bits per heavy atom. The number of amides is 2. The van der Waals surface area contributed by atoms with Gasteiger partial charge in [0.2, 0.25) is 11.8 Å². The summed E-state index contributed by atoms with van der Waals surface area (Å²) in [6.45, 7) is 9.16. The van der Waals surface area contributed by atoms with Crippen LogP contribution in [-0.4, -0.2) is 47.7 Å². The molecule has 7 nitrogen and oxygen atoms in total. The maximum Gasteiger partial charge on any atom is 0.309 e. The Balaban J connectivity index is 2.04. The molecule has 7 heteroatoms. The predicted molar refractivity (Wildman–Crippen MR) is 146 cm³/mol. The number of aliphatic hydroxyl groups is 1. The molecule has 0 heterocycles. The van der Waals surface area contributed by atoms with Crippen molar-refractivity contribution in [2.24, 2.45) is 11.8 Å². The van der Waals surface area contributed by atoms with E-state index in [1.54, 1.807) is 13.0 Å². The minimum Gasteiger partial charge on any atom is -0.463 e. The maximum absolute atomic E-state index is 13.2. The molecule has 0 aromatic heterocycles. The number of rotatable bonds is 17. The van der Waals surface area contributed by atoms with E-state index in [2.05, 4.69) is 23.8 Å². The van der Waals surface area contributed by atoms with Crippen LogP contribution in [-0.2, 0) is 25.5 Å². The molecule has 3 N–H and O–H groups in total. The van der Waals surface area contributed by atoms with Crippen LogP contribution >= 0.6 is 0 Å². The number of aliphatic hydroxyl groups excluding tert-OH is 1. The smallest absolute Gasteiger partial charge is 0.309 e. The Morgan fingerprint density at radius 2 is 1.81 bits per heavy atom. The third-order valence-corrected chi connectivity index (χ3v) is 6.99. The normalized spacial score (nSPS) is 16.7. The van der Waals surface area contributed by atoms with Crippen LogP contribution in [0.4, 0.5) is 0 Å². The number of hydrogen-bond donors (Lipinski definition) is 3. The molecule has 1 saturated carbocycles. The van der Waals surface area contributed by atoms with Gasteiger partial charge < -0.3 is 20.5 Å². The van der Waals surface area contributed by atoms with Crippen LogP contribution in [0, 0.1) is 11.8 Å². The summed E-state index contributed by atoms with van der Waals surface area (Å²) in [4.78, 5) is 38.8. The topological polar surface area (TPSA) is 105 Å². The Labute approximate surface area is 221 Å². The number of allylic oxidation sites excluding steroid dienone is 2. The molecule has 1 aliphatic carbocycles. The van der Waals surface area contributed by atoms with E-state index in [0.717, 1.165) is 44.1 Å². The zero-order chi connectivity index (χ0) is 27.1. The molecule has 1 aromatic carbocycles. The number of ether oxygens (including phenoxy) is 1. The van der Waals surface area contributed by atoms with E-state index in [4.69, 9.17) is 4.74 Å². The lowest BCUT2D eigenvalue weighted by molar-refractivity contribution is -0.152. The minimum atomic E-state index is -0.626. The molecule has 0 unspecified atom stereocenters.